The zero-order valence-corrected chi connectivity index (χ0v) is 12.8. The number of fused-ring (bicyclic) bond motifs is 1. The highest BCUT2D eigenvalue weighted by atomic mass is 16.3. The summed E-state index contributed by atoms with van der Waals surface area (Å²) in [5, 5.41) is 8.43. The Morgan fingerprint density at radius 2 is 1.96 bits per heavy atom. The molecule has 0 spiro atoms. The van der Waals surface area contributed by atoms with Crippen molar-refractivity contribution < 1.29 is 9.21 Å². The molecule has 0 radical (unpaired) electrons. The van der Waals surface area contributed by atoms with Crippen LogP contribution in [0.15, 0.2) is 70.4 Å². The topological polar surface area (TPSA) is 45.8 Å². The first-order valence-corrected chi connectivity index (χ1v) is 7.63. The van der Waals surface area contributed by atoms with E-state index >= 15 is 0 Å². The van der Waals surface area contributed by atoms with E-state index in [2.05, 4.69) is 29.4 Å². The van der Waals surface area contributed by atoms with E-state index in [1.54, 1.807) is 6.26 Å². The summed E-state index contributed by atoms with van der Waals surface area (Å²) in [6.07, 6.45) is 2.28. The van der Waals surface area contributed by atoms with Crippen LogP contribution in [0.25, 0.3) is 10.8 Å². The first-order chi connectivity index (χ1) is 11.2. The summed E-state index contributed by atoms with van der Waals surface area (Å²) in [5.41, 5.74) is 1.99. The molecule has 0 saturated carbocycles. The number of carbonyl (C=O) groups excluding carboxylic acids is 1. The van der Waals surface area contributed by atoms with E-state index in [4.69, 9.17) is 4.42 Å². The van der Waals surface area contributed by atoms with E-state index in [1.165, 1.54) is 17.3 Å². The second kappa shape index (κ2) is 5.39. The molecule has 0 N–H and O–H groups in total. The third-order valence-electron chi connectivity index (χ3n) is 4.21. The minimum Gasteiger partial charge on any atom is -0.467 e. The molecule has 1 aliphatic rings. The summed E-state index contributed by atoms with van der Waals surface area (Å²) in [6.45, 7) is 1.53. The van der Waals surface area contributed by atoms with Crippen LogP contribution >= 0.6 is 0 Å². The van der Waals surface area contributed by atoms with Crippen molar-refractivity contribution in [1.29, 1.82) is 0 Å². The number of furan rings is 1. The molecule has 0 fully saturated rings. The molecule has 0 saturated heterocycles. The van der Waals surface area contributed by atoms with Gasteiger partial charge in [-0.2, -0.15) is 5.10 Å². The smallest absolute Gasteiger partial charge is 0.240 e. The first kappa shape index (κ1) is 13.8. The van der Waals surface area contributed by atoms with Crippen molar-refractivity contribution in [2.45, 2.75) is 19.4 Å². The maximum absolute atomic E-state index is 12.0. The molecule has 1 amide bonds. The van der Waals surface area contributed by atoms with E-state index in [1.807, 2.05) is 30.3 Å². The SMILES string of the molecule is CC(=O)N1N=C(c2cccc3ccccc23)CC1c1ccco1. The van der Waals surface area contributed by atoms with Gasteiger partial charge in [-0.15, -0.1) is 0 Å². The third-order valence-corrected chi connectivity index (χ3v) is 4.21. The van der Waals surface area contributed by atoms with Crippen LogP contribution in [0.2, 0.25) is 0 Å². The Balaban J connectivity index is 1.80. The van der Waals surface area contributed by atoms with Gasteiger partial charge in [0.2, 0.25) is 5.91 Å². The number of hydrogen-bond acceptors (Lipinski definition) is 3. The predicted molar refractivity (Wildman–Crippen MR) is 89.1 cm³/mol. The van der Waals surface area contributed by atoms with Gasteiger partial charge in [0.15, 0.2) is 0 Å². The van der Waals surface area contributed by atoms with Crippen molar-refractivity contribution in [2.24, 2.45) is 5.10 Å². The maximum Gasteiger partial charge on any atom is 0.240 e. The minimum absolute atomic E-state index is 0.0818. The van der Waals surface area contributed by atoms with Crippen LogP contribution in [-0.4, -0.2) is 16.6 Å². The molecule has 23 heavy (non-hydrogen) atoms. The number of nitrogens with zero attached hydrogens (tertiary/aromatic N) is 2. The summed E-state index contributed by atoms with van der Waals surface area (Å²) < 4.78 is 5.50. The average Bonchev–Trinajstić information content (AvgIpc) is 3.23. The van der Waals surface area contributed by atoms with Gasteiger partial charge in [0.1, 0.15) is 11.8 Å². The quantitative estimate of drug-likeness (QED) is 0.714. The van der Waals surface area contributed by atoms with Crippen LogP contribution in [0.4, 0.5) is 0 Å². The first-order valence-electron chi connectivity index (χ1n) is 7.63. The van der Waals surface area contributed by atoms with Crippen LogP contribution in [0.3, 0.4) is 0 Å². The normalized spacial score (nSPS) is 17.5. The van der Waals surface area contributed by atoms with E-state index in [0.29, 0.717) is 6.42 Å². The molecule has 1 atom stereocenters. The van der Waals surface area contributed by atoms with Gasteiger partial charge < -0.3 is 4.42 Å². The second-order valence-corrected chi connectivity index (χ2v) is 5.67. The van der Waals surface area contributed by atoms with Crippen molar-refractivity contribution in [2.75, 3.05) is 0 Å². The van der Waals surface area contributed by atoms with Gasteiger partial charge in [0.05, 0.1) is 12.0 Å². The Morgan fingerprint density at radius 3 is 2.74 bits per heavy atom. The van der Waals surface area contributed by atoms with Crippen LogP contribution in [0.5, 0.6) is 0 Å². The van der Waals surface area contributed by atoms with Gasteiger partial charge in [-0.3, -0.25) is 4.79 Å². The number of carbonyl (C=O) groups is 1. The monoisotopic (exact) mass is 304 g/mol. The summed E-state index contributed by atoms with van der Waals surface area (Å²) in [4.78, 5) is 12.0. The van der Waals surface area contributed by atoms with Gasteiger partial charge in [-0.25, -0.2) is 5.01 Å². The van der Waals surface area contributed by atoms with Gasteiger partial charge in [0, 0.05) is 18.9 Å². The predicted octanol–water partition coefficient (Wildman–Crippen LogP) is 4.13. The van der Waals surface area contributed by atoms with Crippen molar-refractivity contribution in [3.05, 3.63) is 72.2 Å². The molecule has 2 aromatic carbocycles. The largest absolute Gasteiger partial charge is 0.467 e. The van der Waals surface area contributed by atoms with Gasteiger partial charge in [0.25, 0.3) is 0 Å². The Hall–Kier alpha value is -2.88. The Morgan fingerprint density at radius 1 is 1.13 bits per heavy atom. The van der Waals surface area contributed by atoms with Gasteiger partial charge >= 0.3 is 0 Å². The Labute approximate surface area is 134 Å². The van der Waals surface area contributed by atoms with Gasteiger partial charge in [-0.1, -0.05) is 42.5 Å². The fourth-order valence-electron chi connectivity index (χ4n) is 3.14. The molecule has 4 heteroatoms. The van der Waals surface area contributed by atoms with E-state index in [0.717, 1.165) is 22.4 Å². The molecule has 4 rings (SSSR count). The lowest BCUT2D eigenvalue weighted by Gasteiger charge is -2.17. The van der Waals surface area contributed by atoms with E-state index in [-0.39, 0.29) is 11.9 Å². The van der Waals surface area contributed by atoms with Crippen molar-refractivity contribution in [1.82, 2.24) is 5.01 Å². The molecule has 1 unspecified atom stereocenters. The highest BCUT2D eigenvalue weighted by molar-refractivity contribution is 6.12. The molecular weight excluding hydrogens is 288 g/mol. The molecule has 1 aromatic heterocycles. The highest BCUT2D eigenvalue weighted by Crippen LogP contribution is 2.34. The zero-order valence-electron chi connectivity index (χ0n) is 12.8. The molecule has 3 aromatic rings. The molecule has 0 aliphatic carbocycles. The van der Waals surface area contributed by atoms with Gasteiger partial charge in [-0.05, 0) is 22.9 Å². The number of hydrogen-bond donors (Lipinski definition) is 0. The molecule has 114 valence electrons. The minimum atomic E-state index is -0.170. The summed E-state index contributed by atoms with van der Waals surface area (Å²) in [5.74, 6) is 0.681. The van der Waals surface area contributed by atoms with E-state index in [9.17, 15) is 4.79 Å². The number of hydrazone groups is 1. The molecule has 1 aliphatic heterocycles. The van der Waals surface area contributed by atoms with Crippen molar-refractivity contribution in [3.63, 3.8) is 0 Å². The lowest BCUT2D eigenvalue weighted by atomic mass is 9.97. The van der Waals surface area contributed by atoms with E-state index < -0.39 is 0 Å². The lowest BCUT2D eigenvalue weighted by molar-refractivity contribution is -0.130. The van der Waals surface area contributed by atoms with Crippen molar-refractivity contribution >= 4 is 22.4 Å². The van der Waals surface area contributed by atoms with Crippen molar-refractivity contribution in [3.8, 4) is 0 Å². The fraction of sp³-hybridized carbons (Fsp3) is 0.158. The number of amides is 1. The lowest BCUT2D eigenvalue weighted by Crippen LogP contribution is -2.23. The molecule has 0 bridgehead atoms. The summed E-state index contributed by atoms with van der Waals surface area (Å²) in [7, 11) is 0. The summed E-state index contributed by atoms with van der Waals surface area (Å²) in [6, 6.07) is 17.9. The Bertz CT molecular complexity index is 891. The number of benzene rings is 2. The standard InChI is InChI=1S/C19H16N2O2/c1-13(22)21-18(19-10-5-11-23-19)12-17(20-21)16-9-4-7-14-6-2-3-8-15(14)16/h2-11,18H,12H2,1H3. The number of rotatable bonds is 2. The highest BCUT2D eigenvalue weighted by Gasteiger charge is 2.33. The second-order valence-electron chi connectivity index (χ2n) is 5.67. The van der Waals surface area contributed by atoms with Crippen LogP contribution in [0, 0.1) is 0 Å². The molecule has 4 nitrogen and oxygen atoms in total. The van der Waals surface area contributed by atoms with Crippen LogP contribution in [-0.2, 0) is 4.79 Å². The third kappa shape index (κ3) is 2.32. The Kier molecular flexibility index (Phi) is 3.23. The maximum atomic E-state index is 12.0. The van der Waals surface area contributed by atoms with Crippen LogP contribution in [0.1, 0.15) is 30.7 Å². The molecule has 2 heterocycles. The van der Waals surface area contributed by atoms with Crippen LogP contribution < -0.4 is 0 Å². The average molecular weight is 304 g/mol. The zero-order chi connectivity index (χ0) is 15.8. The molecular formula is C19H16N2O2. The fourth-order valence-corrected chi connectivity index (χ4v) is 3.14. The summed E-state index contributed by atoms with van der Waals surface area (Å²) >= 11 is 0.